The molecular formula is C13H26N6. The van der Waals surface area contributed by atoms with Crippen LogP contribution in [0.15, 0.2) is 17.3 Å². The summed E-state index contributed by atoms with van der Waals surface area (Å²) in [6.45, 7) is 9.17. The van der Waals surface area contributed by atoms with Gasteiger partial charge in [0.1, 0.15) is 0 Å². The van der Waals surface area contributed by atoms with Gasteiger partial charge in [-0.25, -0.2) is 0 Å². The van der Waals surface area contributed by atoms with Gasteiger partial charge in [-0.15, -0.1) is 0 Å². The lowest BCUT2D eigenvalue weighted by Gasteiger charge is -2.19. The van der Waals surface area contributed by atoms with Crippen molar-refractivity contribution in [3.8, 4) is 0 Å². The van der Waals surface area contributed by atoms with Crippen molar-refractivity contribution in [3.63, 3.8) is 0 Å². The molecule has 1 rings (SSSR count). The normalized spacial score (nSPS) is 11.9. The number of likely N-dealkylation sites (N-methyl/N-ethyl adjacent to an activating group) is 1. The van der Waals surface area contributed by atoms with Gasteiger partial charge in [-0.3, -0.25) is 9.67 Å². The smallest absolute Gasteiger partial charge is 0.191 e. The van der Waals surface area contributed by atoms with Gasteiger partial charge in [-0.2, -0.15) is 5.10 Å². The molecule has 0 unspecified atom stereocenters. The van der Waals surface area contributed by atoms with Crippen molar-refractivity contribution in [2.75, 3.05) is 33.2 Å². The maximum atomic E-state index is 4.21. The number of hydrogen-bond acceptors (Lipinski definition) is 3. The molecule has 0 radical (unpaired) electrons. The molecule has 2 N–H and O–H groups in total. The van der Waals surface area contributed by atoms with Crippen LogP contribution in [-0.2, 0) is 13.6 Å². The second-order valence-corrected chi connectivity index (χ2v) is 4.33. The number of aliphatic imine (C=N–C) groups is 1. The predicted molar refractivity (Wildman–Crippen MR) is 79.2 cm³/mol. The van der Waals surface area contributed by atoms with Crippen LogP contribution in [0.3, 0.4) is 0 Å². The zero-order valence-corrected chi connectivity index (χ0v) is 12.5. The van der Waals surface area contributed by atoms with E-state index in [4.69, 9.17) is 0 Å². The van der Waals surface area contributed by atoms with Crippen molar-refractivity contribution >= 4 is 5.96 Å². The van der Waals surface area contributed by atoms with Crippen molar-refractivity contribution in [2.24, 2.45) is 12.0 Å². The Morgan fingerprint density at radius 2 is 2.11 bits per heavy atom. The molecule has 0 saturated carbocycles. The molecule has 0 bridgehead atoms. The summed E-state index contributed by atoms with van der Waals surface area (Å²) in [5.41, 5.74) is 1.13. The lowest BCUT2D eigenvalue weighted by atomic mass is 10.4. The van der Waals surface area contributed by atoms with Gasteiger partial charge in [-0.1, -0.05) is 13.8 Å². The number of nitrogens with one attached hydrogen (secondary N) is 2. The molecule has 0 saturated heterocycles. The summed E-state index contributed by atoms with van der Waals surface area (Å²) in [5, 5.41) is 10.7. The monoisotopic (exact) mass is 266 g/mol. The molecule has 0 amide bonds. The second-order valence-electron chi connectivity index (χ2n) is 4.33. The Balaban J connectivity index is 2.29. The van der Waals surface area contributed by atoms with E-state index in [-0.39, 0.29) is 0 Å². The standard InChI is InChI=1S/C13H26N6/c1-5-19(6-2)10-9-15-13(14-3)16-11-12-7-8-17-18(12)4/h7-8H,5-6,9-11H2,1-4H3,(H2,14,15,16). The highest BCUT2D eigenvalue weighted by molar-refractivity contribution is 5.79. The van der Waals surface area contributed by atoms with Gasteiger partial charge in [0.05, 0.1) is 12.2 Å². The molecule has 6 nitrogen and oxygen atoms in total. The average molecular weight is 266 g/mol. The van der Waals surface area contributed by atoms with Crippen molar-refractivity contribution in [1.82, 2.24) is 25.3 Å². The topological polar surface area (TPSA) is 57.5 Å². The molecule has 19 heavy (non-hydrogen) atoms. The van der Waals surface area contributed by atoms with Gasteiger partial charge in [0, 0.05) is 33.4 Å². The summed E-state index contributed by atoms with van der Waals surface area (Å²) in [7, 11) is 3.73. The molecule has 6 heteroatoms. The molecule has 0 aliphatic heterocycles. The third-order valence-electron chi connectivity index (χ3n) is 3.20. The summed E-state index contributed by atoms with van der Waals surface area (Å²) in [6.07, 6.45) is 1.80. The fraction of sp³-hybridized carbons (Fsp3) is 0.692. The Morgan fingerprint density at radius 1 is 1.37 bits per heavy atom. The Bertz CT molecular complexity index is 380. The van der Waals surface area contributed by atoms with E-state index in [0.717, 1.165) is 44.4 Å². The highest BCUT2D eigenvalue weighted by Crippen LogP contribution is 1.94. The van der Waals surface area contributed by atoms with Crippen molar-refractivity contribution in [3.05, 3.63) is 18.0 Å². The SMILES string of the molecule is CCN(CC)CCNC(=NC)NCc1ccnn1C. The molecular weight excluding hydrogens is 240 g/mol. The molecule has 0 aliphatic rings. The summed E-state index contributed by atoms with van der Waals surface area (Å²) in [5.74, 6) is 0.827. The zero-order valence-electron chi connectivity index (χ0n) is 12.5. The molecule has 1 heterocycles. The summed E-state index contributed by atoms with van der Waals surface area (Å²) in [4.78, 5) is 6.59. The number of rotatable bonds is 7. The van der Waals surface area contributed by atoms with Crippen LogP contribution < -0.4 is 10.6 Å². The van der Waals surface area contributed by atoms with E-state index in [1.165, 1.54) is 0 Å². The average Bonchev–Trinajstić information content (AvgIpc) is 2.84. The fourth-order valence-electron chi connectivity index (χ4n) is 1.84. The highest BCUT2D eigenvalue weighted by Gasteiger charge is 2.02. The van der Waals surface area contributed by atoms with Crippen LogP contribution in [0.2, 0.25) is 0 Å². The Labute approximate surface area is 115 Å². The van der Waals surface area contributed by atoms with Gasteiger partial charge in [0.2, 0.25) is 0 Å². The number of aryl methyl sites for hydroxylation is 1. The van der Waals surface area contributed by atoms with Gasteiger partial charge in [0.25, 0.3) is 0 Å². The summed E-state index contributed by atoms with van der Waals surface area (Å²) in [6, 6.07) is 2.00. The first-order valence-electron chi connectivity index (χ1n) is 6.85. The number of hydrogen-bond donors (Lipinski definition) is 2. The van der Waals surface area contributed by atoms with Crippen LogP contribution in [0, 0.1) is 0 Å². The van der Waals surface area contributed by atoms with E-state index in [1.807, 2.05) is 17.8 Å². The summed E-state index contributed by atoms with van der Waals surface area (Å²) >= 11 is 0. The van der Waals surface area contributed by atoms with E-state index in [0.29, 0.717) is 0 Å². The lowest BCUT2D eigenvalue weighted by molar-refractivity contribution is 0.308. The molecule has 0 spiro atoms. The van der Waals surface area contributed by atoms with Crippen LogP contribution in [0.5, 0.6) is 0 Å². The Hall–Kier alpha value is -1.56. The van der Waals surface area contributed by atoms with Crippen molar-refractivity contribution < 1.29 is 0 Å². The first-order chi connectivity index (χ1) is 9.21. The maximum absolute atomic E-state index is 4.21. The third-order valence-corrected chi connectivity index (χ3v) is 3.20. The molecule has 108 valence electrons. The molecule has 0 atom stereocenters. The van der Waals surface area contributed by atoms with E-state index in [2.05, 4.69) is 39.5 Å². The van der Waals surface area contributed by atoms with Crippen LogP contribution in [0.25, 0.3) is 0 Å². The Morgan fingerprint density at radius 3 is 2.63 bits per heavy atom. The Kier molecular flexibility index (Phi) is 6.95. The number of aromatic nitrogens is 2. The van der Waals surface area contributed by atoms with Gasteiger partial charge < -0.3 is 15.5 Å². The lowest BCUT2D eigenvalue weighted by Crippen LogP contribution is -2.41. The van der Waals surface area contributed by atoms with Crippen molar-refractivity contribution in [2.45, 2.75) is 20.4 Å². The highest BCUT2D eigenvalue weighted by atomic mass is 15.3. The van der Waals surface area contributed by atoms with E-state index >= 15 is 0 Å². The molecule has 0 aromatic carbocycles. The second kappa shape index (κ2) is 8.53. The largest absolute Gasteiger partial charge is 0.355 e. The minimum absolute atomic E-state index is 0.724. The number of nitrogens with zero attached hydrogens (tertiary/aromatic N) is 4. The van der Waals surface area contributed by atoms with Crippen LogP contribution in [0.4, 0.5) is 0 Å². The fourth-order valence-corrected chi connectivity index (χ4v) is 1.84. The molecule has 0 fully saturated rings. The van der Waals surface area contributed by atoms with E-state index in [9.17, 15) is 0 Å². The van der Waals surface area contributed by atoms with Gasteiger partial charge in [0.15, 0.2) is 5.96 Å². The quantitative estimate of drug-likeness (QED) is 0.555. The van der Waals surface area contributed by atoms with Crippen LogP contribution in [0.1, 0.15) is 19.5 Å². The third kappa shape index (κ3) is 5.30. The van der Waals surface area contributed by atoms with E-state index < -0.39 is 0 Å². The van der Waals surface area contributed by atoms with Crippen molar-refractivity contribution in [1.29, 1.82) is 0 Å². The minimum atomic E-state index is 0.724. The zero-order chi connectivity index (χ0) is 14.1. The van der Waals surface area contributed by atoms with Crippen LogP contribution >= 0.6 is 0 Å². The minimum Gasteiger partial charge on any atom is -0.355 e. The predicted octanol–water partition coefficient (Wildman–Crippen LogP) is 0.427. The molecule has 1 aromatic rings. The van der Waals surface area contributed by atoms with Gasteiger partial charge in [-0.05, 0) is 19.2 Å². The molecule has 1 aromatic heterocycles. The van der Waals surface area contributed by atoms with E-state index in [1.54, 1.807) is 13.2 Å². The number of guanidine groups is 1. The maximum Gasteiger partial charge on any atom is 0.191 e. The summed E-state index contributed by atoms with van der Waals surface area (Å²) < 4.78 is 1.86. The van der Waals surface area contributed by atoms with Gasteiger partial charge >= 0.3 is 0 Å². The molecule has 0 aliphatic carbocycles. The van der Waals surface area contributed by atoms with Crippen LogP contribution in [-0.4, -0.2) is 53.9 Å². The first kappa shape index (κ1) is 15.5. The first-order valence-corrected chi connectivity index (χ1v) is 6.85.